The van der Waals surface area contributed by atoms with E-state index < -0.39 is 0 Å². The van der Waals surface area contributed by atoms with Crippen molar-refractivity contribution in [2.24, 2.45) is 0 Å². The Morgan fingerprint density at radius 2 is 2.00 bits per heavy atom. The molecular formula is C11H13N3O. The van der Waals surface area contributed by atoms with Gasteiger partial charge in [0.1, 0.15) is 11.4 Å². The normalized spacial score (nSPS) is 10.3. The molecule has 0 unspecified atom stereocenters. The smallest absolute Gasteiger partial charge is 0.127 e. The average Bonchev–Trinajstić information content (AvgIpc) is 2.63. The Hall–Kier alpha value is -1.84. The van der Waals surface area contributed by atoms with Gasteiger partial charge in [-0.1, -0.05) is 28.5 Å². The molecule has 2 aromatic rings. The molecule has 1 aromatic heterocycles. The second kappa shape index (κ2) is 4.13. The third kappa shape index (κ3) is 2.15. The number of hydrogen-bond donors (Lipinski definition) is 1. The highest BCUT2D eigenvalue weighted by molar-refractivity contribution is 5.50. The van der Waals surface area contributed by atoms with E-state index in [0.29, 0.717) is 6.54 Å². The Morgan fingerprint density at radius 1 is 1.20 bits per heavy atom. The van der Waals surface area contributed by atoms with Crippen LogP contribution in [0.25, 0.3) is 0 Å². The Bertz CT molecular complexity index is 451. The van der Waals surface area contributed by atoms with Gasteiger partial charge in [0.15, 0.2) is 0 Å². The van der Waals surface area contributed by atoms with Crippen molar-refractivity contribution in [3.05, 3.63) is 41.2 Å². The summed E-state index contributed by atoms with van der Waals surface area (Å²) in [4.78, 5) is 0. The predicted octanol–water partition coefficient (Wildman–Crippen LogP) is 2.30. The lowest BCUT2D eigenvalue weighted by atomic mass is 10.2. The molecule has 4 heteroatoms. The Balaban J connectivity index is 2.06. The SMILES string of the molecule is Cc1ccccc1NCc1nonc1C. The molecule has 0 spiro atoms. The van der Waals surface area contributed by atoms with Gasteiger partial charge in [-0.05, 0) is 25.5 Å². The molecule has 0 aliphatic rings. The number of nitrogens with zero attached hydrogens (tertiary/aromatic N) is 2. The molecule has 1 aromatic carbocycles. The summed E-state index contributed by atoms with van der Waals surface area (Å²) in [6.45, 7) is 4.59. The summed E-state index contributed by atoms with van der Waals surface area (Å²) < 4.78 is 4.62. The van der Waals surface area contributed by atoms with Crippen molar-refractivity contribution in [2.45, 2.75) is 20.4 Å². The lowest BCUT2D eigenvalue weighted by Gasteiger charge is -2.06. The first-order valence-electron chi connectivity index (χ1n) is 4.85. The first-order valence-corrected chi connectivity index (χ1v) is 4.85. The number of benzene rings is 1. The van der Waals surface area contributed by atoms with E-state index in [-0.39, 0.29) is 0 Å². The fraction of sp³-hybridized carbons (Fsp3) is 0.273. The highest BCUT2D eigenvalue weighted by atomic mass is 16.6. The maximum absolute atomic E-state index is 4.62. The monoisotopic (exact) mass is 203 g/mol. The molecule has 1 N–H and O–H groups in total. The molecule has 0 bridgehead atoms. The number of aromatic nitrogens is 2. The van der Waals surface area contributed by atoms with Crippen LogP contribution in [0, 0.1) is 13.8 Å². The summed E-state index contributed by atoms with van der Waals surface area (Å²) >= 11 is 0. The summed E-state index contributed by atoms with van der Waals surface area (Å²) in [5.41, 5.74) is 4.00. The lowest BCUT2D eigenvalue weighted by molar-refractivity contribution is 0.301. The van der Waals surface area contributed by atoms with Crippen LogP contribution in [-0.4, -0.2) is 10.3 Å². The van der Waals surface area contributed by atoms with Crippen molar-refractivity contribution in [2.75, 3.05) is 5.32 Å². The maximum atomic E-state index is 4.62. The minimum absolute atomic E-state index is 0.639. The van der Waals surface area contributed by atoms with E-state index >= 15 is 0 Å². The molecule has 0 saturated heterocycles. The standard InChI is InChI=1S/C11H13N3O/c1-8-5-3-4-6-10(8)12-7-11-9(2)13-15-14-11/h3-6,12H,7H2,1-2H3. The van der Waals surface area contributed by atoms with Crippen molar-refractivity contribution in [1.29, 1.82) is 0 Å². The topological polar surface area (TPSA) is 51.0 Å². The second-order valence-electron chi connectivity index (χ2n) is 3.46. The van der Waals surface area contributed by atoms with Gasteiger partial charge in [-0.3, -0.25) is 0 Å². The molecule has 0 saturated carbocycles. The second-order valence-corrected chi connectivity index (χ2v) is 3.46. The number of rotatable bonds is 3. The maximum Gasteiger partial charge on any atom is 0.127 e. The molecule has 78 valence electrons. The van der Waals surface area contributed by atoms with Crippen LogP contribution in [0.15, 0.2) is 28.9 Å². The Kier molecular flexibility index (Phi) is 2.67. The van der Waals surface area contributed by atoms with Gasteiger partial charge in [0.05, 0.1) is 6.54 Å². The van der Waals surface area contributed by atoms with Crippen molar-refractivity contribution in [1.82, 2.24) is 10.3 Å². The van der Waals surface area contributed by atoms with Gasteiger partial charge in [0.2, 0.25) is 0 Å². The van der Waals surface area contributed by atoms with E-state index in [1.807, 2.05) is 25.1 Å². The Labute approximate surface area is 88.3 Å². The van der Waals surface area contributed by atoms with Crippen LogP contribution < -0.4 is 5.32 Å². The zero-order valence-corrected chi connectivity index (χ0v) is 8.82. The zero-order valence-electron chi connectivity index (χ0n) is 8.82. The van der Waals surface area contributed by atoms with Gasteiger partial charge >= 0.3 is 0 Å². The van der Waals surface area contributed by atoms with E-state index in [1.165, 1.54) is 5.56 Å². The van der Waals surface area contributed by atoms with Crippen LogP contribution >= 0.6 is 0 Å². The highest BCUT2D eigenvalue weighted by Gasteiger charge is 2.04. The van der Waals surface area contributed by atoms with Crippen molar-refractivity contribution in [3.8, 4) is 0 Å². The largest absolute Gasteiger partial charge is 0.379 e. The van der Waals surface area contributed by atoms with Gasteiger partial charge in [-0.2, -0.15) is 0 Å². The average molecular weight is 203 g/mol. The minimum atomic E-state index is 0.639. The minimum Gasteiger partial charge on any atom is -0.379 e. The number of nitrogens with one attached hydrogen (secondary N) is 1. The number of anilines is 1. The molecular weight excluding hydrogens is 190 g/mol. The predicted molar refractivity (Wildman–Crippen MR) is 57.5 cm³/mol. The molecule has 0 atom stereocenters. The van der Waals surface area contributed by atoms with Crippen LogP contribution in [-0.2, 0) is 6.54 Å². The van der Waals surface area contributed by atoms with Crippen LogP contribution in [0.5, 0.6) is 0 Å². The van der Waals surface area contributed by atoms with Crippen LogP contribution in [0.3, 0.4) is 0 Å². The highest BCUT2D eigenvalue weighted by Crippen LogP contribution is 2.14. The van der Waals surface area contributed by atoms with Crippen molar-refractivity contribution in [3.63, 3.8) is 0 Å². The van der Waals surface area contributed by atoms with Crippen molar-refractivity contribution >= 4 is 5.69 Å². The molecule has 15 heavy (non-hydrogen) atoms. The van der Waals surface area contributed by atoms with E-state index in [2.05, 4.69) is 33.2 Å². The van der Waals surface area contributed by atoms with Gasteiger partial charge in [0, 0.05) is 5.69 Å². The number of hydrogen-bond acceptors (Lipinski definition) is 4. The number of para-hydroxylation sites is 1. The number of aryl methyl sites for hydroxylation is 2. The third-order valence-electron chi connectivity index (χ3n) is 2.34. The fourth-order valence-corrected chi connectivity index (χ4v) is 1.36. The van der Waals surface area contributed by atoms with E-state index in [0.717, 1.165) is 17.1 Å². The van der Waals surface area contributed by atoms with E-state index in [9.17, 15) is 0 Å². The van der Waals surface area contributed by atoms with Crippen LogP contribution in [0.2, 0.25) is 0 Å². The van der Waals surface area contributed by atoms with E-state index in [4.69, 9.17) is 0 Å². The van der Waals surface area contributed by atoms with Crippen LogP contribution in [0.1, 0.15) is 17.0 Å². The molecule has 0 aliphatic carbocycles. The molecule has 1 heterocycles. The Morgan fingerprint density at radius 3 is 2.67 bits per heavy atom. The van der Waals surface area contributed by atoms with Gasteiger partial charge in [0.25, 0.3) is 0 Å². The van der Waals surface area contributed by atoms with E-state index in [1.54, 1.807) is 0 Å². The molecule has 0 radical (unpaired) electrons. The summed E-state index contributed by atoms with van der Waals surface area (Å²) in [6, 6.07) is 8.13. The zero-order chi connectivity index (χ0) is 10.7. The summed E-state index contributed by atoms with van der Waals surface area (Å²) in [7, 11) is 0. The first kappa shape index (κ1) is 9.71. The van der Waals surface area contributed by atoms with Crippen molar-refractivity contribution < 1.29 is 4.63 Å². The fourth-order valence-electron chi connectivity index (χ4n) is 1.36. The van der Waals surface area contributed by atoms with Gasteiger partial charge in [-0.25, -0.2) is 4.63 Å². The van der Waals surface area contributed by atoms with Crippen LogP contribution in [0.4, 0.5) is 5.69 Å². The summed E-state index contributed by atoms with van der Waals surface area (Å²) in [5.74, 6) is 0. The lowest BCUT2D eigenvalue weighted by Crippen LogP contribution is -2.02. The van der Waals surface area contributed by atoms with Gasteiger partial charge < -0.3 is 5.32 Å². The molecule has 0 aliphatic heterocycles. The summed E-state index contributed by atoms with van der Waals surface area (Å²) in [6.07, 6.45) is 0. The first-order chi connectivity index (χ1) is 7.27. The molecule has 0 amide bonds. The third-order valence-corrected chi connectivity index (χ3v) is 2.34. The molecule has 4 nitrogen and oxygen atoms in total. The quantitative estimate of drug-likeness (QED) is 0.831. The molecule has 0 fully saturated rings. The molecule has 2 rings (SSSR count). The van der Waals surface area contributed by atoms with Gasteiger partial charge in [-0.15, -0.1) is 0 Å². The summed E-state index contributed by atoms with van der Waals surface area (Å²) in [5, 5.41) is 10.8.